The van der Waals surface area contributed by atoms with Gasteiger partial charge in [-0.05, 0) is 26.0 Å². The summed E-state index contributed by atoms with van der Waals surface area (Å²) in [5.74, 6) is 0.430. The molecule has 5 heteroatoms. The zero-order valence-corrected chi connectivity index (χ0v) is 8.47. The summed E-state index contributed by atoms with van der Waals surface area (Å²) in [4.78, 5) is 8.13. The first-order valence-electron chi connectivity index (χ1n) is 4.47. The predicted molar refractivity (Wildman–Crippen MR) is 53.3 cm³/mol. The molecule has 0 amide bonds. The van der Waals surface area contributed by atoms with E-state index in [1.54, 1.807) is 16.9 Å². The second-order valence-corrected chi connectivity index (χ2v) is 3.19. The highest BCUT2D eigenvalue weighted by Gasteiger charge is 2.06. The van der Waals surface area contributed by atoms with Gasteiger partial charge in [0.05, 0.1) is 5.69 Å². The molecule has 15 heavy (non-hydrogen) atoms. The number of hydrogen-bond donors (Lipinski definition) is 0. The predicted octanol–water partition coefficient (Wildman–Crippen LogP) is 1.15. The van der Waals surface area contributed by atoms with Crippen LogP contribution in [0.5, 0.6) is 0 Å². The SMILES string of the molecule is Cc1cc(C)n(-c2nccc(C#N)n2)n1. The average Bonchev–Trinajstić information content (AvgIpc) is 2.58. The number of nitrogens with zero attached hydrogens (tertiary/aromatic N) is 5. The Labute approximate surface area is 87.0 Å². The van der Waals surface area contributed by atoms with E-state index in [4.69, 9.17) is 5.26 Å². The number of hydrogen-bond acceptors (Lipinski definition) is 4. The fourth-order valence-electron chi connectivity index (χ4n) is 1.34. The molecule has 2 aromatic heterocycles. The Balaban J connectivity index is 2.55. The number of aryl methyl sites for hydroxylation is 2. The number of rotatable bonds is 1. The minimum atomic E-state index is 0.340. The van der Waals surface area contributed by atoms with Crippen molar-refractivity contribution in [1.29, 1.82) is 5.26 Å². The van der Waals surface area contributed by atoms with Crippen LogP contribution in [0.4, 0.5) is 0 Å². The van der Waals surface area contributed by atoms with E-state index in [0.29, 0.717) is 11.6 Å². The molecule has 0 bridgehead atoms. The first kappa shape index (κ1) is 9.34. The van der Waals surface area contributed by atoms with Crippen LogP contribution in [-0.2, 0) is 0 Å². The zero-order valence-electron chi connectivity index (χ0n) is 8.47. The second-order valence-electron chi connectivity index (χ2n) is 3.19. The quantitative estimate of drug-likeness (QED) is 0.691. The van der Waals surface area contributed by atoms with Gasteiger partial charge in [0.25, 0.3) is 5.95 Å². The van der Waals surface area contributed by atoms with Gasteiger partial charge in [-0.1, -0.05) is 0 Å². The highest BCUT2D eigenvalue weighted by atomic mass is 15.3. The van der Waals surface area contributed by atoms with Crippen molar-refractivity contribution in [3.8, 4) is 12.0 Å². The molecule has 0 aliphatic rings. The molecular weight excluding hydrogens is 190 g/mol. The first-order valence-corrected chi connectivity index (χ1v) is 4.47. The molecular formula is C10H9N5. The molecule has 0 fully saturated rings. The lowest BCUT2D eigenvalue weighted by atomic mass is 10.4. The van der Waals surface area contributed by atoms with E-state index in [2.05, 4.69) is 15.1 Å². The summed E-state index contributed by atoms with van der Waals surface area (Å²) in [5, 5.41) is 13.0. The van der Waals surface area contributed by atoms with E-state index in [1.807, 2.05) is 26.0 Å². The summed E-state index contributed by atoms with van der Waals surface area (Å²) in [7, 11) is 0. The summed E-state index contributed by atoms with van der Waals surface area (Å²) in [6.45, 7) is 3.82. The van der Waals surface area contributed by atoms with Crippen molar-refractivity contribution < 1.29 is 0 Å². The summed E-state index contributed by atoms with van der Waals surface area (Å²) < 4.78 is 1.62. The Morgan fingerprint density at radius 2 is 2.20 bits per heavy atom. The van der Waals surface area contributed by atoms with Crippen molar-refractivity contribution in [2.24, 2.45) is 0 Å². The van der Waals surface area contributed by atoms with Crippen LogP contribution in [0.2, 0.25) is 0 Å². The van der Waals surface area contributed by atoms with E-state index in [1.165, 1.54) is 0 Å². The Bertz CT molecular complexity index is 535. The molecule has 74 valence electrons. The molecule has 2 heterocycles. The highest BCUT2D eigenvalue weighted by molar-refractivity contribution is 5.25. The summed E-state index contributed by atoms with van der Waals surface area (Å²) in [6, 6.07) is 5.47. The van der Waals surface area contributed by atoms with Crippen LogP contribution in [0.25, 0.3) is 5.95 Å². The van der Waals surface area contributed by atoms with Crippen LogP contribution in [0.3, 0.4) is 0 Å². The summed E-state index contributed by atoms with van der Waals surface area (Å²) in [5.41, 5.74) is 2.19. The van der Waals surface area contributed by atoms with Crippen molar-refractivity contribution in [3.05, 3.63) is 35.4 Å². The molecule has 2 aromatic rings. The lowest BCUT2D eigenvalue weighted by molar-refractivity contribution is 0.771. The first-order chi connectivity index (χ1) is 7.20. The number of nitriles is 1. The fraction of sp³-hybridized carbons (Fsp3) is 0.200. The molecule has 0 saturated carbocycles. The number of aromatic nitrogens is 4. The van der Waals surface area contributed by atoms with Crippen LogP contribution >= 0.6 is 0 Å². The van der Waals surface area contributed by atoms with Crippen molar-refractivity contribution in [2.75, 3.05) is 0 Å². The smallest absolute Gasteiger partial charge is 0.220 e. The van der Waals surface area contributed by atoms with Gasteiger partial charge in [-0.2, -0.15) is 10.4 Å². The Morgan fingerprint density at radius 1 is 1.40 bits per heavy atom. The van der Waals surface area contributed by atoms with Crippen LogP contribution in [0, 0.1) is 25.2 Å². The normalized spacial score (nSPS) is 9.93. The van der Waals surface area contributed by atoms with Gasteiger partial charge in [0, 0.05) is 11.9 Å². The summed E-state index contributed by atoms with van der Waals surface area (Å²) in [6.07, 6.45) is 1.55. The van der Waals surface area contributed by atoms with Crippen LogP contribution in [0.1, 0.15) is 17.1 Å². The van der Waals surface area contributed by atoms with E-state index >= 15 is 0 Å². The van der Waals surface area contributed by atoms with Crippen molar-refractivity contribution in [1.82, 2.24) is 19.7 Å². The molecule has 0 unspecified atom stereocenters. The molecule has 2 rings (SSSR count). The molecule has 0 aliphatic heterocycles. The van der Waals surface area contributed by atoms with Gasteiger partial charge in [-0.3, -0.25) is 0 Å². The largest absolute Gasteiger partial charge is 0.251 e. The molecule has 0 atom stereocenters. The monoisotopic (exact) mass is 199 g/mol. The minimum absolute atomic E-state index is 0.340. The Morgan fingerprint density at radius 3 is 2.80 bits per heavy atom. The maximum atomic E-state index is 8.71. The third kappa shape index (κ3) is 1.70. The topological polar surface area (TPSA) is 67.4 Å². The molecule has 0 aromatic carbocycles. The lowest BCUT2D eigenvalue weighted by Crippen LogP contribution is -2.05. The van der Waals surface area contributed by atoms with Crippen LogP contribution in [0.15, 0.2) is 18.3 Å². The molecule has 0 radical (unpaired) electrons. The van der Waals surface area contributed by atoms with Crippen molar-refractivity contribution >= 4 is 0 Å². The van der Waals surface area contributed by atoms with E-state index in [9.17, 15) is 0 Å². The van der Waals surface area contributed by atoms with Crippen LogP contribution in [-0.4, -0.2) is 19.7 Å². The molecule has 0 spiro atoms. The third-order valence-corrected chi connectivity index (χ3v) is 1.96. The fourth-order valence-corrected chi connectivity index (χ4v) is 1.34. The van der Waals surface area contributed by atoms with E-state index in [-0.39, 0.29) is 0 Å². The van der Waals surface area contributed by atoms with Gasteiger partial charge in [0.1, 0.15) is 11.8 Å². The average molecular weight is 199 g/mol. The van der Waals surface area contributed by atoms with Crippen LogP contribution < -0.4 is 0 Å². The van der Waals surface area contributed by atoms with Gasteiger partial charge in [-0.25, -0.2) is 14.6 Å². The standard InChI is InChI=1S/C10H9N5/c1-7-5-8(2)15(14-7)10-12-4-3-9(6-11)13-10/h3-5H,1-2H3. The summed E-state index contributed by atoms with van der Waals surface area (Å²) >= 11 is 0. The molecule has 0 saturated heterocycles. The van der Waals surface area contributed by atoms with Crippen molar-refractivity contribution in [3.63, 3.8) is 0 Å². The molecule has 0 N–H and O–H groups in total. The van der Waals surface area contributed by atoms with Gasteiger partial charge in [-0.15, -0.1) is 0 Å². The molecule has 5 nitrogen and oxygen atoms in total. The van der Waals surface area contributed by atoms with Gasteiger partial charge in [0.2, 0.25) is 0 Å². The Kier molecular flexibility index (Phi) is 2.18. The maximum absolute atomic E-state index is 8.71. The zero-order chi connectivity index (χ0) is 10.8. The Hall–Kier alpha value is -2.22. The van der Waals surface area contributed by atoms with E-state index in [0.717, 1.165) is 11.4 Å². The van der Waals surface area contributed by atoms with Gasteiger partial charge < -0.3 is 0 Å². The second kappa shape index (κ2) is 3.50. The van der Waals surface area contributed by atoms with Crippen molar-refractivity contribution in [2.45, 2.75) is 13.8 Å². The highest BCUT2D eigenvalue weighted by Crippen LogP contribution is 2.07. The minimum Gasteiger partial charge on any atom is -0.220 e. The van der Waals surface area contributed by atoms with E-state index < -0.39 is 0 Å². The van der Waals surface area contributed by atoms with Gasteiger partial charge in [0.15, 0.2) is 0 Å². The van der Waals surface area contributed by atoms with Gasteiger partial charge >= 0.3 is 0 Å². The third-order valence-electron chi connectivity index (χ3n) is 1.96. The maximum Gasteiger partial charge on any atom is 0.251 e. The lowest BCUT2D eigenvalue weighted by Gasteiger charge is -2.00. The molecule has 0 aliphatic carbocycles.